The summed E-state index contributed by atoms with van der Waals surface area (Å²) in [6, 6.07) is 4.25. The lowest BCUT2D eigenvalue weighted by Crippen LogP contribution is -2.49. The number of fused-ring (bicyclic) bond motifs is 3. The topological polar surface area (TPSA) is 152 Å². The van der Waals surface area contributed by atoms with Crippen LogP contribution in [0.15, 0.2) is 29.1 Å². The van der Waals surface area contributed by atoms with E-state index in [-0.39, 0.29) is 17.5 Å². The summed E-state index contributed by atoms with van der Waals surface area (Å²) in [4.78, 5) is 50.2. The van der Waals surface area contributed by atoms with Crippen molar-refractivity contribution < 1.29 is 33.7 Å². The summed E-state index contributed by atoms with van der Waals surface area (Å²) in [5.74, 6) is -0.834. The van der Waals surface area contributed by atoms with Crippen molar-refractivity contribution in [2.45, 2.75) is 65.1 Å². The largest absolute Gasteiger partial charge is 0.493 e. The average Bonchev–Trinajstić information content (AvgIpc) is 3.18. The Morgan fingerprint density at radius 2 is 1.73 bits per heavy atom. The Hall–Kier alpha value is -4.28. The summed E-state index contributed by atoms with van der Waals surface area (Å²) < 4.78 is 17.0. The molecule has 3 rings (SSSR count). The molecule has 0 saturated heterocycles. The lowest BCUT2D eigenvalue weighted by Gasteiger charge is -2.25. The van der Waals surface area contributed by atoms with Gasteiger partial charge in [-0.05, 0) is 60.6 Å². The molecule has 11 heteroatoms. The minimum Gasteiger partial charge on any atom is -0.493 e. The standard InChI is InChI=1S/C30H39N3O8/c1-8-15(2)26(29(36)31-16(3)30(37)38)33-22-12-10-19-20(14-23(22)35)21(32-17(4)34)11-9-18-13-24(39-5)27(40-6)28(41-7)25(18)19/h10,12-16,21,26H,8-9,11H2,1-7H3,(H,31,36)(H,32,34)(H,33,35)(H,37,38). The van der Waals surface area contributed by atoms with Gasteiger partial charge in [-0.2, -0.15) is 0 Å². The number of rotatable bonds is 11. The molecule has 4 unspecified atom stereocenters. The van der Waals surface area contributed by atoms with Gasteiger partial charge in [0.15, 0.2) is 11.5 Å². The molecule has 0 saturated carbocycles. The molecule has 0 fully saturated rings. The van der Waals surface area contributed by atoms with E-state index in [4.69, 9.17) is 14.2 Å². The molecule has 0 spiro atoms. The molecule has 1 aliphatic carbocycles. The van der Waals surface area contributed by atoms with Gasteiger partial charge in [0.2, 0.25) is 23.0 Å². The highest BCUT2D eigenvalue weighted by molar-refractivity contribution is 5.89. The van der Waals surface area contributed by atoms with E-state index in [1.165, 1.54) is 41.2 Å². The zero-order valence-electron chi connectivity index (χ0n) is 24.5. The maximum absolute atomic E-state index is 13.6. The Morgan fingerprint density at radius 1 is 1.05 bits per heavy atom. The van der Waals surface area contributed by atoms with Crippen LogP contribution < -0.4 is 35.6 Å². The second-order valence-corrected chi connectivity index (χ2v) is 10.2. The maximum Gasteiger partial charge on any atom is 0.325 e. The molecule has 1 aliphatic rings. The molecule has 0 radical (unpaired) electrons. The number of hydrogen-bond acceptors (Lipinski definition) is 8. The predicted molar refractivity (Wildman–Crippen MR) is 155 cm³/mol. The van der Waals surface area contributed by atoms with Gasteiger partial charge in [-0.25, -0.2) is 0 Å². The van der Waals surface area contributed by atoms with Crippen LogP contribution in [0.4, 0.5) is 5.69 Å². The van der Waals surface area contributed by atoms with E-state index in [2.05, 4.69) is 16.0 Å². The second kappa shape index (κ2) is 13.4. The number of carboxylic acid groups (broad SMARTS) is 1. The molecule has 0 aliphatic heterocycles. The van der Waals surface area contributed by atoms with Gasteiger partial charge < -0.3 is 35.3 Å². The third kappa shape index (κ3) is 6.72. The molecule has 0 bridgehead atoms. The lowest BCUT2D eigenvalue weighted by molar-refractivity contribution is -0.141. The Morgan fingerprint density at radius 3 is 2.29 bits per heavy atom. The number of benzene rings is 1. The zero-order valence-corrected chi connectivity index (χ0v) is 24.5. The van der Waals surface area contributed by atoms with Gasteiger partial charge in [0.25, 0.3) is 0 Å². The van der Waals surface area contributed by atoms with Gasteiger partial charge >= 0.3 is 5.97 Å². The summed E-state index contributed by atoms with van der Waals surface area (Å²) in [5, 5.41) is 17.8. The third-order valence-electron chi connectivity index (χ3n) is 7.45. The second-order valence-electron chi connectivity index (χ2n) is 10.2. The van der Waals surface area contributed by atoms with Crippen LogP contribution in [0.5, 0.6) is 17.2 Å². The number of hydrogen-bond donors (Lipinski definition) is 4. The van der Waals surface area contributed by atoms with Gasteiger partial charge in [0, 0.05) is 12.5 Å². The molecule has 11 nitrogen and oxygen atoms in total. The first-order chi connectivity index (χ1) is 19.5. The Kier molecular flexibility index (Phi) is 10.2. The number of anilines is 1. The highest BCUT2D eigenvalue weighted by atomic mass is 16.5. The van der Waals surface area contributed by atoms with E-state index in [1.54, 1.807) is 12.1 Å². The number of carboxylic acids is 1. The fourth-order valence-electron chi connectivity index (χ4n) is 5.06. The number of amides is 2. The number of carbonyl (C=O) groups excluding carboxylic acids is 2. The van der Waals surface area contributed by atoms with Crippen molar-refractivity contribution in [1.82, 2.24) is 10.6 Å². The number of aryl methyl sites for hydroxylation is 1. The highest BCUT2D eigenvalue weighted by Gasteiger charge is 2.31. The van der Waals surface area contributed by atoms with Crippen molar-refractivity contribution in [3.8, 4) is 28.4 Å². The first-order valence-corrected chi connectivity index (χ1v) is 13.5. The van der Waals surface area contributed by atoms with E-state index >= 15 is 0 Å². The van der Waals surface area contributed by atoms with Gasteiger partial charge in [0.05, 0.1) is 33.1 Å². The Bertz CT molecular complexity index is 1380. The van der Waals surface area contributed by atoms with Crippen LogP contribution in [-0.4, -0.2) is 56.3 Å². The zero-order chi connectivity index (χ0) is 30.4. The monoisotopic (exact) mass is 569 g/mol. The Labute approximate surface area is 239 Å². The first kappa shape index (κ1) is 31.3. The quantitative estimate of drug-likeness (QED) is 0.319. The van der Waals surface area contributed by atoms with Crippen LogP contribution in [-0.2, 0) is 20.8 Å². The van der Waals surface area contributed by atoms with E-state index < -0.39 is 35.4 Å². The van der Waals surface area contributed by atoms with Crippen LogP contribution in [0, 0.1) is 5.92 Å². The summed E-state index contributed by atoms with van der Waals surface area (Å²) in [6.07, 6.45) is 1.68. The molecule has 2 aromatic carbocycles. The van der Waals surface area contributed by atoms with Crippen molar-refractivity contribution in [1.29, 1.82) is 0 Å². The molecule has 0 aromatic heterocycles. The number of ether oxygens (including phenoxy) is 3. The van der Waals surface area contributed by atoms with Crippen molar-refractivity contribution in [3.63, 3.8) is 0 Å². The lowest BCUT2D eigenvalue weighted by atomic mass is 9.95. The number of aliphatic carboxylic acids is 1. The van der Waals surface area contributed by atoms with Gasteiger partial charge in [-0.1, -0.05) is 26.3 Å². The molecule has 2 amide bonds. The van der Waals surface area contributed by atoms with E-state index in [1.807, 2.05) is 19.9 Å². The normalized spacial score (nSPS) is 16.0. The SMILES string of the molecule is CCC(C)C(Nc1ccc2c(cc1=O)C(NC(C)=O)CCc1cc(OC)c(OC)c(OC)c1-2)C(=O)NC(C)C(=O)O. The van der Waals surface area contributed by atoms with Crippen LogP contribution in [0.1, 0.15) is 57.7 Å². The van der Waals surface area contributed by atoms with E-state index in [9.17, 15) is 24.3 Å². The third-order valence-corrected chi connectivity index (χ3v) is 7.45. The van der Waals surface area contributed by atoms with Crippen molar-refractivity contribution in [2.75, 3.05) is 26.6 Å². The number of nitrogens with one attached hydrogen (secondary N) is 3. The Balaban J connectivity index is 2.24. The summed E-state index contributed by atoms with van der Waals surface area (Å²) in [7, 11) is 4.57. The van der Waals surface area contributed by atoms with Crippen molar-refractivity contribution in [2.24, 2.45) is 5.92 Å². The predicted octanol–water partition coefficient (Wildman–Crippen LogP) is 3.28. The first-order valence-electron chi connectivity index (χ1n) is 13.5. The van der Waals surface area contributed by atoms with E-state index in [0.717, 1.165) is 5.56 Å². The molecular weight excluding hydrogens is 530 g/mol. The fraction of sp³-hybridized carbons (Fsp3) is 0.467. The van der Waals surface area contributed by atoms with Gasteiger partial charge in [-0.15, -0.1) is 0 Å². The average molecular weight is 570 g/mol. The van der Waals surface area contributed by atoms with Crippen LogP contribution >= 0.6 is 0 Å². The highest BCUT2D eigenvalue weighted by Crippen LogP contribution is 2.50. The molecule has 222 valence electrons. The summed E-state index contributed by atoms with van der Waals surface area (Å²) >= 11 is 0. The molecule has 4 atom stereocenters. The number of methoxy groups -OCH3 is 3. The van der Waals surface area contributed by atoms with E-state index in [0.29, 0.717) is 53.2 Å². The van der Waals surface area contributed by atoms with Crippen LogP contribution in [0.3, 0.4) is 0 Å². The van der Waals surface area contributed by atoms with Gasteiger partial charge in [0.1, 0.15) is 12.1 Å². The van der Waals surface area contributed by atoms with Crippen LogP contribution in [0.2, 0.25) is 0 Å². The molecule has 4 N–H and O–H groups in total. The smallest absolute Gasteiger partial charge is 0.325 e. The summed E-state index contributed by atoms with van der Waals surface area (Å²) in [5.41, 5.74) is 2.61. The summed E-state index contributed by atoms with van der Waals surface area (Å²) in [6.45, 7) is 6.55. The fourth-order valence-corrected chi connectivity index (χ4v) is 5.06. The molecule has 2 aromatic rings. The molecule has 41 heavy (non-hydrogen) atoms. The van der Waals surface area contributed by atoms with Crippen molar-refractivity contribution >= 4 is 23.5 Å². The molecule has 0 heterocycles. The van der Waals surface area contributed by atoms with Crippen LogP contribution in [0.25, 0.3) is 11.1 Å². The van der Waals surface area contributed by atoms with Gasteiger partial charge in [-0.3, -0.25) is 19.2 Å². The minimum absolute atomic E-state index is 0.157. The number of carbonyl (C=O) groups is 3. The minimum atomic E-state index is -1.16. The maximum atomic E-state index is 13.6. The molecular formula is C30H39N3O8. The van der Waals surface area contributed by atoms with Crippen molar-refractivity contribution in [3.05, 3.63) is 45.6 Å².